The average Bonchev–Trinajstić information content (AvgIpc) is 3.46. The summed E-state index contributed by atoms with van der Waals surface area (Å²) in [4.78, 5) is 3.89. The van der Waals surface area contributed by atoms with Crippen LogP contribution in [0.5, 0.6) is 17.2 Å². The molecule has 2 aromatic carbocycles. The number of fused-ring (bicyclic) bond motifs is 1. The molecule has 0 radical (unpaired) electrons. The summed E-state index contributed by atoms with van der Waals surface area (Å²) in [7, 11) is 4.70. The summed E-state index contributed by atoms with van der Waals surface area (Å²) in [6.07, 6.45) is 4.60. The first kappa shape index (κ1) is 19.0. The van der Waals surface area contributed by atoms with Crippen LogP contribution in [-0.2, 0) is 0 Å². The van der Waals surface area contributed by atoms with Gasteiger partial charge in [0, 0.05) is 10.9 Å². The lowest BCUT2D eigenvalue weighted by Gasteiger charge is -2.13. The standard InChI is InChI=1S/C21H18N6O3/c1-28-18-8-14(9-19(29-2)21(18)30-3)20-16-7-13(4-5-17(16)25-26-20)6-15(10-22)27-12-23-11-24-27/h4-9,11-12H,1-3H3,(H,25,26)/b15-6-. The summed E-state index contributed by atoms with van der Waals surface area (Å²) < 4.78 is 17.7. The molecule has 0 unspecified atom stereocenters. The minimum atomic E-state index is 0.352. The van der Waals surface area contributed by atoms with Gasteiger partial charge in [0.05, 0.1) is 26.8 Å². The lowest BCUT2D eigenvalue weighted by Crippen LogP contribution is -1.96. The van der Waals surface area contributed by atoms with Crippen molar-refractivity contribution in [2.75, 3.05) is 21.3 Å². The fourth-order valence-corrected chi connectivity index (χ4v) is 3.20. The lowest BCUT2D eigenvalue weighted by molar-refractivity contribution is 0.324. The van der Waals surface area contributed by atoms with Crippen LogP contribution in [0, 0.1) is 11.3 Å². The Kier molecular flexibility index (Phi) is 5.05. The van der Waals surface area contributed by atoms with E-state index in [-0.39, 0.29) is 0 Å². The summed E-state index contributed by atoms with van der Waals surface area (Å²) in [5, 5.41) is 21.9. The fourth-order valence-electron chi connectivity index (χ4n) is 3.20. The quantitative estimate of drug-likeness (QED) is 0.492. The first-order valence-corrected chi connectivity index (χ1v) is 8.93. The molecule has 9 nitrogen and oxygen atoms in total. The van der Waals surface area contributed by atoms with E-state index in [1.807, 2.05) is 30.3 Å². The van der Waals surface area contributed by atoms with E-state index in [1.165, 1.54) is 17.3 Å². The van der Waals surface area contributed by atoms with Crippen molar-refractivity contribution >= 4 is 22.7 Å². The Balaban J connectivity index is 1.84. The largest absolute Gasteiger partial charge is 0.493 e. The first-order valence-electron chi connectivity index (χ1n) is 8.93. The Morgan fingerprint density at radius 3 is 2.47 bits per heavy atom. The molecule has 4 aromatic rings. The molecule has 0 aliphatic rings. The highest BCUT2D eigenvalue weighted by Crippen LogP contribution is 2.42. The second-order valence-corrected chi connectivity index (χ2v) is 6.27. The zero-order chi connectivity index (χ0) is 21.1. The van der Waals surface area contributed by atoms with Crippen LogP contribution in [0.15, 0.2) is 43.0 Å². The molecular formula is C21H18N6O3. The predicted molar refractivity (Wildman–Crippen MR) is 111 cm³/mol. The lowest BCUT2D eigenvalue weighted by atomic mass is 10.0. The van der Waals surface area contributed by atoms with Crippen molar-refractivity contribution < 1.29 is 14.2 Å². The topological polar surface area (TPSA) is 111 Å². The van der Waals surface area contributed by atoms with Crippen LogP contribution in [0.1, 0.15) is 5.56 Å². The normalized spacial score (nSPS) is 11.3. The molecule has 0 amide bonds. The van der Waals surface area contributed by atoms with Crippen LogP contribution in [0.2, 0.25) is 0 Å². The maximum atomic E-state index is 9.46. The average molecular weight is 402 g/mol. The zero-order valence-corrected chi connectivity index (χ0v) is 16.6. The number of nitrogens with zero attached hydrogens (tertiary/aromatic N) is 5. The van der Waals surface area contributed by atoms with Crippen molar-refractivity contribution in [3.63, 3.8) is 0 Å². The maximum absolute atomic E-state index is 9.46. The minimum absolute atomic E-state index is 0.352. The van der Waals surface area contributed by atoms with E-state index in [4.69, 9.17) is 14.2 Å². The molecule has 9 heteroatoms. The van der Waals surface area contributed by atoms with E-state index >= 15 is 0 Å². The van der Waals surface area contributed by atoms with E-state index < -0.39 is 0 Å². The molecule has 2 aromatic heterocycles. The Labute approximate surface area is 172 Å². The van der Waals surface area contributed by atoms with E-state index in [2.05, 4.69) is 26.3 Å². The molecule has 0 aliphatic heterocycles. The third kappa shape index (κ3) is 3.31. The van der Waals surface area contributed by atoms with Gasteiger partial charge in [-0.05, 0) is 35.9 Å². The number of allylic oxidation sites excluding steroid dienone is 1. The highest BCUT2D eigenvalue weighted by atomic mass is 16.5. The van der Waals surface area contributed by atoms with Crippen LogP contribution in [0.25, 0.3) is 33.9 Å². The third-order valence-electron chi connectivity index (χ3n) is 4.61. The molecule has 0 bridgehead atoms. The van der Waals surface area contributed by atoms with E-state index in [1.54, 1.807) is 27.4 Å². The highest BCUT2D eigenvalue weighted by molar-refractivity contribution is 5.95. The van der Waals surface area contributed by atoms with Crippen LogP contribution in [0.3, 0.4) is 0 Å². The molecule has 1 N–H and O–H groups in total. The third-order valence-corrected chi connectivity index (χ3v) is 4.61. The number of aromatic nitrogens is 5. The van der Waals surface area contributed by atoms with Gasteiger partial charge in [0.15, 0.2) is 11.5 Å². The van der Waals surface area contributed by atoms with Gasteiger partial charge in [0.2, 0.25) is 5.75 Å². The number of nitriles is 1. The molecule has 150 valence electrons. The van der Waals surface area contributed by atoms with Gasteiger partial charge >= 0.3 is 0 Å². The van der Waals surface area contributed by atoms with E-state index in [0.717, 1.165) is 27.7 Å². The van der Waals surface area contributed by atoms with Crippen molar-refractivity contribution in [3.05, 3.63) is 48.5 Å². The van der Waals surface area contributed by atoms with Crippen molar-refractivity contribution in [1.82, 2.24) is 25.0 Å². The van der Waals surface area contributed by atoms with Gasteiger partial charge < -0.3 is 14.2 Å². The number of hydrogen-bond donors (Lipinski definition) is 1. The van der Waals surface area contributed by atoms with Gasteiger partial charge in [-0.25, -0.2) is 9.67 Å². The summed E-state index contributed by atoms with van der Waals surface area (Å²) in [5.74, 6) is 1.59. The van der Waals surface area contributed by atoms with Crippen LogP contribution in [-0.4, -0.2) is 46.3 Å². The Hall–Kier alpha value is -4.32. The van der Waals surface area contributed by atoms with Crippen molar-refractivity contribution in [3.8, 4) is 34.6 Å². The van der Waals surface area contributed by atoms with Gasteiger partial charge in [-0.1, -0.05) is 6.07 Å². The van der Waals surface area contributed by atoms with Crippen molar-refractivity contribution in [2.45, 2.75) is 0 Å². The monoisotopic (exact) mass is 402 g/mol. The number of H-pyrrole nitrogens is 1. The summed E-state index contributed by atoms with van der Waals surface area (Å²) in [5.41, 5.74) is 3.55. The number of rotatable bonds is 6. The summed E-state index contributed by atoms with van der Waals surface area (Å²) >= 11 is 0. The SMILES string of the molecule is COc1cc(-c2n[nH]c3ccc(/C=C(/C#N)n4cncn4)cc23)cc(OC)c1OC. The molecule has 0 saturated carbocycles. The molecule has 2 heterocycles. The second-order valence-electron chi connectivity index (χ2n) is 6.27. The Morgan fingerprint density at radius 2 is 1.87 bits per heavy atom. The van der Waals surface area contributed by atoms with E-state index in [0.29, 0.717) is 22.9 Å². The summed E-state index contributed by atoms with van der Waals surface area (Å²) in [6, 6.07) is 11.6. The predicted octanol–water partition coefficient (Wildman–Crippen LogP) is 3.37. The van der Waals surface area contributed by atoms with Gasteiger partial charge in [0.1, 0.15) is 30.1 Å². The van der Waals surface area contributed by atoms with Gasteiger partial charge in [-0.2, -0.15) is 15.5 Å². The van der Waals surface area contributed by atoms with Crippen LogP contribution >= 0.6 is 0 Å². The van der Waals surface area contributed by atoms with Gasteiger partial charge in [-0.15, -0.1) is 0 Å². The van der Waals surface area contributed by atoms with E-state index in [9.17, 15) is 5.26 Å². The number of nitrogens with one attached hydrogen (secondary N) is 1. The smallest absolute Gasteiger partial charge is 0.203 e. The number of benzene rings is 2. The molecule has 0 fully saturated rings. The molecule has 0 aliphatic carbocycles. The molecule has 0 spiro atoms. The van der Waals surface area contributed by atoms with Gasteiger partial charge in [0.25, 0.3) is 0 Å². The maximum Gasteiger partial charge on any atom is 0.203 e. The van der Waals surface area contributed by atoms with Crippen LogP contribution < -0.4 is 14.2 Å². The minimum Gasteiger partial charge on any atom is -0.493 e. The number of hydrogen-bond acceptors (Lipinski definition) is 7. The number of methoxy groups -OCH3 is 3. The molecule has 4 rings (SSSR count). The first-order chi connectivity index (χ1) is 14.7. The highest BCUT2D eigenvalue weighted by Gasteiger charge is 2.17. The Morgan fingerprint density at radius 1 is 1.10 bits per heavy atom. The molecular weight excluding hydrogens is 384 g/mol. The second kappa shape index (κ2) is 7.97. The summed E-state index contributed by atoms with van der Waals surface area (Å²) in [6.45, 7) is 0. The van der Waals surface area contributed by atoms with Crippen LogP contribution in [0.4, 0.5) is 0 Å². The Bertz CT molecular complexity index is 1240. The molecule has 0 atom stereocenters. The molecule has 30 heavy (non-hydrogen) atoms. The zero-order valence-electron chi connectivity index (χ0n) is 16.6. The number of ether oxygens (including phenoxy) is 3. The molecule has 0 saturated heterocycles. The van der Waals surface area contributed by atoms with Crippen molar-refractivity contribution in [2.24, 2.45) is 0 Å². The van der Waals surface area contributed by atoms with Gasteiger partial charge in [-0.3, -0.25) is 5.10 Å². The number of aromatic amines is 1. The fraction of sp³-hybridized carbons (Fsp3) is 0.143. The van der Waals surface area contributed by atoms with Crippen molar-refractivity contribution in [1.29, 1.82) is 5.26 Å².